The lowest BCUT2D eigenvalue weighted by atomic mass is 10.1. The van der Waals surface area contributed by atoms with Gasteiger partial charge in [0.25, 0.3) is 0 Å². The van der Waals surface area contributed by atoms with Gasteiger partial charge < -0.3 is 9.88 Å². The molecule has 0 aliphatic carbocycles. The highest BCUT2D eigenvalue weighted by Gasteiger charge is 2.03. The predicted molar refractivity (Wildman–Crippen MR) is 99.0 cm³/mol. The molecule has 0 aliphatic rings. The van der Waals surface area contributed by atoms with Gasteiger partial charge in [-0.25, -0.2) is 0 Å². The number of nitrogens with zero attached hydrogens (tertiary/aromatic N) is 2. The number of fused-ring (bicyclic) bond motifs is 1. The SMILES string of the molecule is N#Cc1ccc(CCC(=O)NCCCn2ccc3ccccc32)cc1. The molecule has 4 nitrogen and oxygen atoms in total. The Bertz CT molecular complexity index is 887. The summed E-state index contributed by atoms with van der Waals surface area (Å²) in [5, 5.41) is 13.0. The van der Waals surface area contributed by atoms with Crippen LogP contribution >= 0.6 is 0 Å². The molecule has 0 saturated carbocycles. The monoisotopic (exact) mass is 331 g/mol. The first kappa shape index (κ1) is 16.8. The quantitative estimate of drug-likeness (QED) is 0.672. The van der Waals surface area contributed by atoms with Crippen LogP contribution in [0.3, 0.4) is 0 Å². The number of rotatable bonds is 7. The number of aromatic nitrogens is 1. The highest BCUT2D eigenvalue weighted by atomic mass is 16.1. The van der Waals surface area contributed by atoms with E-state index in [2.05, 4.69) is 40.3 Å². The first-order valence-corrected chi connectivity index (χ1v) is 8.56. The second kappa shape index (κ2) is 8.16. The van der Waals surface area contributed by atoms with Crippen molar-refractivity contribution >= 4 is 16.8 Å². The minimum atomic E-state index is 0.0710. The summed E-state index contributed by atoms with van der Waals surface area (Å²) in [6, 6.07) is 19.9. The number of amides is 1. The zero-order valence-electron chi connectivity index (χ0n) is 14.1. The van der Waals surface area contributed by atoms with E-state index in [1.165, 1.54) is 10.9 Å². The Morgan fingerprint density at radius 3 is 2.68 bits per heavy atom. The molecule has 0 radical (unpaired) electrons. The zero-order chi connectivity index (χ0) is 17.5. The third kappa shape index (κ3) is 4.48. The van der Waals surface area contributed by atoms with Crippen molar-refractivity contribution < 1.29 is 4.79 Å². The Morgan fingerprint density at radius 2 is 1.88 bits per heavy atom. The lowest BCUT2D eigenvalue weighted by molar-refractivity contribution is -0.121. The van der Waals surface area contributed by atoms with Gasteiger partial charge in [-0.1, -0.05) is 30.3 Å². The fraction of sp³-hybridized carbons (Fsp3) is 0.238. The van der Waals surface area contributed by atoms with Crippen molar-refractivity contribution in [3.63, 3.8) is 0 Å². The fourth-order valence-corrected chi connectivity index (χ4v) is 2.91. The Hall–Kier alpha value is -3.06. The summed E-state index contributed by atoms with van der Waals surface area (Å²) in [4.78, 5) is 11.9. The van der Waals surface area contributed by atoms with Crippen LogP contribution in [0.4, 0.5) is 0 Å². The Kier molecular flexibility index (Phi) is 5.48. The number of carbonyl (C=O) groups is 1. The van der Waals surface area contributed by atoms with Crippen LogP contribution in [-0.2, 0) is 17.8 Å². The van der Waals surface area contributed by atoms with Crippen LogP contribution in [0, 0.1) is 11.3 Å². The lowest BCUT2D eigenvalue weighted by Crippen LogP contribution is -2.25. The number of nitrogens with one attached hydrogen (secondary N) is 1. The van der Waals surface area contributed by atoms with Crippen LogP contribution in [0.15, 0.2) is 60.8 Å². The summed E-state index contributed by atoms with van der Waals surface area (Å²) in [6.45, 7) is 1.57. The van der Waals surface area contributed by atoms with Gasteiger partial charge in [-0.2, -0.15) is 5.26 Å². The van der Waals surface area contributed by atoms with Crippen molar-refractivity contribution in [2.24, 2.45) is 0 Å². The van der Waals surface area contributed by atoms with E-state index in [-0.39, 0.29) is 5.91 Å². The summed E-state index contributed by atoms with van der Waals surface area (Å²) < 4.78 is 2.22. The molecule has 3 rings (SSSR count). The molecule has 0 fully saturated rings. The molecule has 1 heterocycles. The molecule has 0 atom stereocenters. The van der Waals surface area contributed by atoms with Gasteiger partial charge in [0.15, 0.2) is 0 Å². The molecule has 0 unspecified atom stereocenters. The van der Waals surface area contributed by atoms with Crippen LogP contribution in [-0.4, -0.2) is 17.0 Å². The molecule has 0 bridgehead atoms. The molecular weight excluding hydrogens is 310 g/mol. The Morgan fingerprint density at radius 1 is 1.08 bits per heavy atom. The molecule has 0 aliphatic heterocycles. The minimum Gasteiger partial charge on any atom is -0.356 e. The molecule has 1 aromatic heterocycles. The molecule has 2 aromatic carbocycles. The average Bonchev–Trinajstić information content (AvgIpc) is 3.07. The second-order valence-corrected chi connectivity index (χ2v) is 6.08. The molecule has 0 spiro atoms. The maximum absolute atomic E-state index is 11.9. The number of nitriles is 1. The largest absolute Gasteiger partial charge is 0.356 e. The van der Waals surface area contributed by atoms with Gasteiger partial charge in [-0.05, 0) is 48.1 Å². The van der Waals surface area contributed by atoms with E-state index in [9.17, 15) is 4.79 Å². The fourth-order valence-electron chi connectivity index (χ4n) is 2.91. The van der Waals surface area contributed by atoms with Gasteiger partial charge in [0.05, 0.1) is 11.6 Å². The van der Waals surface area contributed by atoms with Gasteiger partial charge in [0.2, 0.25) is 5.91 Å². The number of hydrogen-bond acceptors (Lipinski definition) is 2. The maximum Gasteiger partial charge on any atom is 0.220 e. The van der Waals surface area contributed by atoms with Gasteiger partial charge in [0, 0.05) is 31.2 Å². The summed E-state index contributed by atoms with van der Waals surface area (Å²) >= 11 is 0. The first-order valence-electron chi connectivity index (χ1n) is 8.56. The van der Waals surface area contributed by atoms with Crippen molar-refractivity contribution in [3.05, 3.63) is 71.9 Å². The van der Waals surface area contributed by atoms with Gasteiger partial charge in [-0.3, -0.25) is 4.79 Å². The molecular formula is C21H21N3O. The van der Waals surface area contributed by atoms with Crippen molar-refractivity contribution in [1.29, 1.82) is 5.26 Å². The van der Waals surface area contributed by atoms with Gasteiger partial charge in [-0.15, -0.1) is 0 Å². The number of hydrogen-bond donors (Lipinski definition) is 1. The van der Waals surface area contributed by atoms with E-state index in [0.717, 1.165) is 18.5 Å². The second-order valence-electron chi connectivity index (χ2n) is 6.08. The van der Waals surface area contributed by atoms with Crippen molar-refractivity contribution in [3.8, 4) is 6.07 Å². The van der Waals surface area contributed by atoms with E-state index in [1.807, 2.05) is 24.3 Å². The molecule has 25 heavy (non-hydrogen) atoms. The normalized spacial score (nSPS) is 10.5. The molecule has 0 saturated heterocycles. The van der Waals surface area contributed by atoms with E-state index in [4.69, 9.17) is 5.26 Å². The van der Waals surface area contributed by atoms with E-state index in [1.54, 1.807) is 12.1 Å². The van der Waals surface area contributed by atoms with E-state index < -0.39 is 0 Å². The average molecular weight is 331 g/mol. The molecule has 1 amide bonds. The summed E-state index contributed by atoms with van der Waals surface area (Å²) in [5.41, 5.74) is 2.95. The van der Waals surface area contributed by atoms with Crippen molar-refractivity contribution in [2.75, 3.05) is 6.54 Å². The lowest BCUT2D eigenvalue weighted by Gasteiger charge is -2.07. The summed E-state index contributed by atoms with van der Waals surface area (Å²) in [7, 11) is 0. The van der Waals surface area contributed by atoms with E-state index in [0.29, 0.717) is 24.9 Å². The maximum atomic E-state index is 11.9. The van der Waals surface area contributed by atoms with Crippen LogP contribution < -0.4 is 5.32 Å². The van der Waals surface area contributed by atoms with Crippen molar-refractivity contribution in [1.82, 2.24) is 9.88 Å². The molecule has 126 valence electrons. The molecule has 1 N–H and O–H groups in total. The minimum absolute atomic E-state index is 0.0710. The van der Waals surface area contributed by atoms with Crippen LogP contribution in [0.25, 0.3) is 10.9 Å². The first-order chi connectivity index (χ1) is 12.3. The van der Waals surface area contributed by atoms with Gasteiger partial charge in [0.1, 0.15) is 0 Å². The van der Waals surface area contributed by atoms with Crippen LogP contribution in [0.2, 0.25) is 0 Å². The predicted octanol–water partition coefficient (Wildman–Crippen LogP) is 3.65. The number of aryl methyl sites for hydroxylation is 2. The van der Waals surface area contributed by atoms with Crippen LogP contribution in [0.1, 0.15) is 24.0 Å². The molecule has 3 aromatic rings. The molecule has 4 heteroatoms. The third-order valence-corrected chi connectivity index (χ3v) is 4.30. The summed E-state index contributed by atoms with van der Waals surface area (Å²) in [5.74, 6) is 0.0710. The topological polar surface area (TPSA) is 57.8 Å². The summed E-state index contributed by atoms with van der Waals surface area (Å²) in [6.07, 6.45) is 4.16. The number of para-hydroxylation sites is 1. The highest BCUT2D eigenvalue weighted by Crippen LogP contribution is 2.15. The Labute approximate surface area is 147 Å². The standard InChI is InChI=1S/C21H21N3O/c22-16-18-8-6-17(7-9-18)10-11-21(25)23-13-3-14-24-15-12-19-4-1-2-5-20(19)24/h1-2,4-9,12,15H,3,10-11,13-14H2,(H,23,25). The Balaban J connectivity index is 1.38. The van der Waals surface area contributed by atoms with Crippen LogP contribution in [0.5, 0.6) is 0 Å². The highest BCUT2D eigenvalue weighted by molar-refractivity contribution is 5.79. The van der Waals surface area contributed by atoms with E-state index >= 15 is 0 Å². The van der Waals surface area contributed by atoms with Crippen molar-refractivity contribution in [2.45, 2.75) is 25.8 Å². The smallest absolute Gasteiger partial charge is 0.220 e. The van der Waals surface area contributed by atoms with Gasteiger partial charge >= 0.3 is 0 Å². The number of benzene rings is 2. The zero-order valence-corrected chi connectivity index (χ0v) is 14.1. The number of carbonyl (C=O) groups excluding carboxylic acids is 1. The third-order valence-electron chi connectivity index (χ3n) is 4.30.